The van der Waals surface area contributed by atoms with E-state index in [1.807, 2.05) is 0 Å². The van der Waals surface area contributed by atoms with Crippen molar-refractivity contribution in [1.29, 1.82) is 0 Å². The monoisotopic (exact) mass is 287 g/mol. The predicted octanol–water partition coefficient (Wildman–Crippen LogP) is 1.08. The summed E-state index contributed by atoms with van der Waals surface area (Å²) in [6, 6.07) is 0.470. The van der Waals surface area contributed by atoms with E-state index in [-0.39, 0.29) is 11.5 Å². The van der Waals surface area contributed by atoms with Crippen molar-refractivity contribution in [3.05, 3.63) is 0 Å². The highest BCUT2D eigenvalue weighted by Gasteiger charge is 2.31. The van der Waals surface area contributed by atoms with Crippen LogP contribution in [0.25, 0.3) is 0 Å². The zero-order chi connectivity index (χ0) is 14.6. The number of rotatable bonds is 7. The first-order valence-corrected chi connectivity index (χ1v) is 7.50. The molecule has 1 heterocycles. The van der Waals surface area contributed by atoms with Gasteiger partial charge in [-0.05, 0) is 39.9 Å². The smallest absolute Gasteiger partial charge is 0.0784 e. The summed E-state index contributed by atoms with van der Waals surface area (Å²) in [5.41, 5.74) is 5.69. The summed E-state index contributed by atoms with van der Waals surface area (Å²) in [5.74, 6) is 0. The van der Waals surface area contributed by atoms with Gasteiger partial charge in [-0.25, -0.2) is 0 Å². The predicted molar refractivity (Wildman–Crippen MR) is 84.3 cm³/mol. The topological polar surface area (TPSA) is 52.7 Å². The highest BCUT2D eigenvalue weighted by Crippen LogP contribution is 2.25. The summed E-state index contributed by atoms with van der Waals surface area (Å²) in [7, 11) is 4.16. The van der Waals surface area contributed by atoms with Crippen LogP contribution in [0.3, 0.4) is 0 Å². The van der Waals surface area contributed by atoms with Crippen molar-refractivity contribution in [3.8, 4) is 0 Å². The Morgan fingerprint density at radius 2 is 2.11 bits per heavy atom. The van der Waals surface area contributed by atoms with Gasteiger partial charge in [0.05, 0.1) is 11.1 Å². The number of hydrogen-bond donors (Lipinski definition) is 2. The second kappa shape index (κ2) is 6.97. The largest absolute Gasteiger partial charge is 0.393 e. The molecule has 2 unspecified atom stereocenters. The summed E-state index contributed by atoms with van der Waals surface area (Å²) in [4.78, 5) is 5.19. The number of aliphatic hydroxyl groups excluding tert-OH is 1. The third kappa shape index (κ3) is 5.34. The molecule has 1 rings (SSSR count). The van der Waals surface area contributed by atoms with Crippen LogP contribution in [0.1, 0.15) is 33.1 Å². The summed E-state index contributed by atoms with van der Waals surface area (Å²) in [6.07, 6.45) is 2.79. The summed E-state index contributed by atoms with van der Waals surface area (Å²) < 4.78 is 0. The average molecular weight is 287 g/mol. The van der Waals surface area contributed by atoms with Gasteiger partial charge in [0.25, 0.3) is 0 Å². The molecule has 0 amide bonds. The second-order valence-electron chi connectivity index (χ2n) is 6.65. The molecule has 0 aliphatic carbocycles. The van der Waals surface area contributed by atoms with E-state index < -0.39 is 0 Å². The quantitative estimate of drug-likeness (QED) is 0.686. The minimum absolute atomic E-state index is 0.0648. The van der Waals surface area contributed by atoms with Crippen LogP contribution in [-0.2, 0) is 0 Å². The third-order valence-electron chi connectivity index (χ3n) is 4.00. The average Bonchev–Trinajstić information content (AvgIpc) is 2.57. The minimum atomic E-state index is -0.173. The fourth-order valence-corrected chi connectivity index (χ4v) is 2.79. The Labute approximate surface area is 122 Å². The van der Waals surface area contributed by atoms with E-state index in [4.69, 9.17) is 18.0 Å². The highest BCUT2D eigenvalue weighted by molar-refractivity contribution is 7.80. The van der Waals surface area contributed by atoms with Gasteiger partial charge in [0.1, 0.15) is 0 Å². The van der Waals surface area contributed by atoms with Crippen molar-refractivity contribution in [3.63, 3.8) is 0 Å². The maximum Gasteiger partial charge on any atom is 0.0784 e. The fraction of sp³-hybridized carbons (Fsp3) is 0.929. The molecule has 4 nitrogen and oxygen atoms in total. The summed E-state index contributed by atoms with van der Waals surface area (Å²) in [5, 5.41) is 9.83. The lowest BCUT2D eigenvalue weighted by atomic mass is 9.88. The van der Waals surface area contributed by atoms with Gasteiger partial charge in [0.2, 0.25) is 0 Å². The van der Waals surface area contributed by atoms with E-state index in [0.29, 0.717) is 11.0 Å². The van der Waals surface area contributed by atoms with Crippen molar-refractivity contribution >= 4 is 17.2 Å². The molecule has 0 bridgehead atoms. The van der Waals surface area contributed by atoms with Crippen molar-refractivity contribution < 1.29 is 5.11 Å². The number of nitrogens with zero attached hydrogens (tertiary/aromatic N) is 2. The number of likely N-dealkylation sites (tertiary alicyclic amines) is 1. The molecule has 0 radical (unpaired) electrons. The Kier molecular flexibility index (Phi) is 6.17. The Hall–Kier alpha value is -0.230. The Bertz CT molecular complexity index is 307. The standard InChI is InChI=1S/C14H29N3OS/c1-14(2,13(15)19)6-5-7-17-10-12(18)8-11(17)9-16(3)4/h11-12,18H,5-10H2,1-4H3,(H2,15,19). The van der Waals surface area contributed by atoms with Crippen molar-refractivity contribution in [2.45, 2.75) is 45.3 Å². The molecular weight excluding hydrogens is 258 g/mol. The normalized spacial score (nSPS) is 25.2. The van der Waals surface area contributed by atoms with E-state index in [2.05, 4.69) is 37.7 Å². The molecule has 1 aliphatic rings. The number of aliphatic hydroxyl groups is 1. The van der Waals surface area contributed by atoms with Crippen LogP contribution >= 0.6 is 12.2 Å². The van der Waals surface area contributed by atoms with E-state index in [0.717, 1.165) is 38.9 Å². The first-order chi connectivity index (χ1) is 8.72. The van der Waals surface area contributed by atoms with Crippen LogP contribution in [0.15, 0.2) is 0 Å². The van der Waals surface area contributed by atoms with Gasteiger partial charge in [-0.3, -0.25) is 4.90 Å². The van der Waals surface area contributed by atoms with Crippen molar-refractivity contribution in [2.24, 2.45) is 11.1 Å². The number of likely N-dealkylation sites (N-methyl/N-ethyl adjacent to an activating group) is 1. The molecule has 3 N–H and O–H groups in total. The lowest BCUT2D eigenvalue weighted by molar-refractivity contribution is 0.170. The molecule has 1 aliphatic heterocycles. The maximum atomic E-state index is 9.83. The van der Waals surface area contributed by atoms with Crippen LogP contribution in [0.4, 0.5) is 0 Å². The van der Waals surface area contributed by atoms with Gasteiger partial charge in [0, 0.05) is 24.5 Å². The Morgan fingerprint density at radius 3 is 2.63 bits per heavy atom. The molecule has 1 saturated heterocycles. The molecule has 0 saturated carbocycles. The van der Waals surface area contributed by atoms with Crippen molar-refractivity contribution in [2.75, 3.05) is 33.7 Å². The molecule has 112 valence electrons. The second-order valence-corrected chi connectivity index (χ2v) is 7.09. The van der Waals surface area contributed by atoms with Gasteiger partial charge in [-0.15, -0.1) is 0 Å². The molecule has 0 aromatic carbocycles. The summed E-state index contributed by atoms with van der Waals surface area (Å²) in [6.45, 7) is 7.03. The van der Waals surface area contributed by atoms with Crippen molar-refractivity contribution in [1.82, 2.24) is 9.80 Å². The maximum absolute atomic E-state index is 9.83. The first kappa shape index (κ1) is 16.8. The SMILES string of the molecule is CN(C)CC1CC(O)CN1CCCC(C)(C)C(N)=S. The first-order valence-electron chi connectivity index (χ1n) is 7.09. The molecule has 0 aromatic heterocycles. The molecule has 0 spiro atoms. The number of thiocarbonyl (C=S) groups is 1. The lowest BCUT2D eigenvalue weighted by Gasteiger charge is -2.28. The van der Waals surface area contributed by atoms with Crippen LogP contribution in [0.5, 0.6) is 0 Å². The molecule has 19 heavy (non-hydrogen) atoms. The molecule has 2 atom stereocenters. The summed E-state index contributed by atoms with van der Waals surface area (Å²) >= 11 is 5.10. The highest BCUT2D eigenvalue weighted by atomic mass is 32.1. The lowest BCUT2D eigenvalue weighted by Crippen LogP contribution is -2.38. The van der Waals surface area contributed by atoms with Gasteiger partial charge in [0.15, 0.2) is 0 Å². The van der Waals surface area contributed by atoms with Crippen LogP contribution in [-0.4, -0.2) is 65.8 Å². The Balaban J connectivity index is 2.40. The van der Waals surface area contributed by atoms with E-state index in [9.17, 15) is 5.11 Å². The zero-order valence-electron chi connectivity index (χ0n) is 12.7. The molecule has 5 heteroatoms. The number of hydrogen-bond acceptors (Lipinski definition) is 4. The van der Waals surface area contributed by atoms with Gasteiger partial charge < -0.3 is 15.7 Å². The van der Waals surface area contributed by atoms with Crippen LogP contribution < -0.4 is 5.73 Å². The van der Waals surface area contributed by atoms with E-state index in [1.54, 1.807) is 0 Å². The number of nitrogens with two attached hydrogens (primary N) is 1. The van der Waals surface area contributed by atoms with Gasteiger partial charge >= 0.3 is 0 Å². The van der Waals surface area contributed by atoms with E-state index >= 15 is 0 Å². The minimum Gasteiger partial charge on any atom is -0.393 e. The Morgan fingerprint density at radius 1 is 1.47 bits per heavy atom. The van der Waals surface area contributed by atoms with E-state index in [1.165, 1.54) is 0 Å². The van der Waals surface area contributed by atoms with Crippen LogP contribution in [0.2, 0.25) is 0 Å². The fourth-order valence-electron chi connectivity index (χ4n) is 2.69. The molecule has 1 fully saturated rings. The van der Waals surface area contributed by atoms with Gasteiger partial charge in [-0.2, -0.15) is 0 Å². The number of β-amino-alcohol motifs (C(OH)–C–C–N with tert-alkyl or cyclic N) is 1. The zero-order valence-corrected chi connectivity index (χ0v) is 13.5. The van der Waals surface area contributed by atoms with Gasteiger partial charge in [-0.1, -0.05) is 26.1 Å². The molecule has 0 aromatic rings. The van der Waals surface area contributed by atoms with Crippen LogP contribution in [0, 0.1) is 5.41 Å². The molecular formula is C14H29N3OS. The third-order valence-corrected chi connectivity index (χ3v) is 4.55.